The summed E-state index contributed by atoms with van der Waals surface area (Å²) in [5.41, 5.74) is 0.669. The Hall–Kier alpha value is -1.95. The molecule has 0 amide bonds. The van der Waals surface area contributed by atoms with Crippen molar-refractivity contribution in [2.24, 2.45) is 5.10 Å². The van der Waals surface area contributed by atoms with E-state index in [2.05, 4.69) is 17.7 Å². The van der Waals surface area contributed by atoms with Gasteiger partial charge in [0.15, 0.2) is 0 Å². The zero-order chi connectivity index (χ0) is 15.7. The molecule has 2 aromatic rings. The van der Waals surface area contributed by atoms with Gasteiger partial charge in [0.2, 0.25) is 0 Å². The zero-order valence-corrected chi connectivity index (χ0v) is 12.4. The number of benzene rings is 2. The summed E-state index contributed by atoms with van der Waals surface area (Å²) in [5.74, 6) is 0. The normalized spacial score (nSPS) is 18.5. The fraction of sp³-hybridized carbons (Fsp3) is 0.188. The highest BCUT2D eigenvalue weighted by Gasteiger charge is 2.43. The summed E-state index contributed by atoms with van der Waals surface area (Å²) in [5, 5.41) is 5.26. The second kappa shape index (κ2) is 5.68. The van der Waals surface area contributed by atoms with Gasteiger partial charge in [-0.1, -0.05) is 30.3 Å². The molecule has 0 bridgehead atoms. The number of rotatable bonds is 2. The average Bonchev–Trinajstić information content (AvgIpc) is 2.94. The molecule has 1 aliphatic rings. The Morgan fingerprint density at radius 2 is 1.64 bits per heavy atom. The van der Waals surface area contributed by atoms with E-state index in [1.54, 1.807) is 48.5 Å². The van der Waals surface area contributed by atoms with E-state index >= 15 is 0 Å². The second-order valence-corrected chi connectivity index (χ2v) is 5.55. The lowest BCUT2D eigenvalue weighted by Crippen LogP contribution is -2.21. The molecule has 0 N–H and O–H groups in total. The van der Waals surface area contributed by atoms with Gasteiger partial charge in [-0.15, -0.1) is 12.6 Å². The van der Waals surface area contributed by atoms with E-state index in [4.69, 9.17) is 0 Å². The lowest BCUT2D eigenvalue weighted by molar-refractivity contribution is -0.0600. The van der Waals surface area contributed by atoms with Gasteiger partial charge in [-0.3, -0.25) is 5.01 Å². The minimum absolute atomic E-state index is 0.162. The Labute approximate surface area is 131 Å². The highest BCUT2D eigenvalue weighted by molar-refractivity contribution is 7.80. The van der Waals surface area contributed by atoms with Gasteiger partial charge in [0.05, 0.1) is 11.7 Å². The standard InChI is InChI=1S/C16H13F3N2S/c17-16(18,19)15-10-14(11-6-8-13(22)9-7-11)21(20-15)12-4-2-1-3-5-12/h1-9,14,22H,10H2. The van der Waals surface area contributed by atoms with Crippen LogP contribution in [0.2, 0.25) is 0 Å². The van der Waals surface area contributed by atoms with Crippen LogP contribution < -0.4 is 5.01 Å². The van der Waals surface area contributed by atoms with Crippen molar-refractivity contribution in [2.75, 3.05) is 5.01 Å². The molecule has 1 heterocycles. The van der Waals surface area contributed by atoms with Crippen LogP contribution in [-0.4, -0.2) is 11.9 Å². The maximum absolute atomic E-state index is 13.0. The molecule has 0 saturated carbocycles. The van der Waals surface area contributed by atoms with Crippen LogP contribution in [0.5, 0.6) is 0 Å². The van der Waals surface area contributed by atoms with Crippen LogP contribution in [0.3, 0.4) is 0 Å². The zero-order valence-electron chi connectivity index (χ0n) is 11.5. The number of thiol groups is 1. The Balaban J connectivity index is 2.00. The van der Waals surface area contributed by atoms with Gasteiger partial charge in [0.1, 0.15) is 5.71 Å². The van der Waals surface area contributed by atoms with Crippen molar-refractivity contribution < 1.29 is 13.2 Å². The van der Waals surface area contributed by atoms with Crippen molar-refractivity contribution in [1.29, 1.82) is 0 Å². The maximum atomic E-state index is 13.0. The lowest BCUT2D eigenvalue weighted by atomic mass is 10.0. The quantitative estimate of drug-likeness (QED) is 0.782. The summed E-state index contributed by atoms with van der Waals surface area (Å²) in [4.78, 5) is 0.768. The van der Waals surface area contributed by atoms with Crippen molar-refractivity contribution in [1.82, 2.24) is 0 Å². The predicted octanol–water partition coefficient (Wildman–Crippen LogP) is 4.85. The van der Waals surface area contributed by atoms with E-state index in [0.717, 1.165) is 10.5 Å². The molecule has 0 fully saturated rings. The number of halogens is 3. The fourth-order valence-corrected chi connectivity index (χ4v) is 2.61. The van der Waals surface area contributed by atoms with E-state index in [-0.39, 0.29) is 6.42 Å². The van der Waals surface area contributed by atoms with Crippen molar-refractivity contribution in [3.63, 3.8) is 0 Å². The summed E-state index contributed by atoms with van der Waals surface area (Å²) in [6, 6.07) is 15.5. The second-order valence-electron chi connectivity index (χ2n) is 5.04. The summed E-state index contributed by atoms with van der Waals surface area (Å²) in [6.07, 6.45) is -4.57. The first-order chi connectivity index (χ1) is 10.4. The monoisotopic (exact) mass is 322 g/mol. The van der Waals surface area contributed by atoms with Gasteiger partial charge in [0, 0.05) is 11.3 Å². The highest BCUT2D eigenvalue weighted by Crippen LogP contribution is 2.39. The number of alkyl halides is 3. The number of para-hydroxylation sites is 1. The molecule has 0 radical (unpaired) electrons. The predicted molar refractivity (Wildman–Crippen MR) is 83.5 cm³/mol. The van der Waals surface area contributed by atoms with Crippen molar-refractivity contribution >= 4 is 24.0 Å². The van der Waals surface area contributed by atoms with Gasteiger partial charge in [-0.25, -0.2) is 0 Å². The van der Waals surface area contributed by atoms with E-state index in [1.807, 2.05) is 6.07 Å². The minimum Gasteiger partial charge on any atom is -0.257 e. The Morgan fingerprint density at radius 3 is 2.23 bits per heavy atom. The smallest absolute Gasteiger partial charge is 0.257 e. The first-order valence-corrected chi connectivity index (χ1v) is 7.18. The van der Waals surface area contributed by atoms with Crippen molar-refractivity contribution in [3.05, 3.63) is 60.2 Å². The third kappa shape index (κ3) is 2.97. The summed E-state index contributed by atoms with van der Waals surface area (Å²) in [6.45, 7) is 0. The van der Waals surface area contributed by atoms with Crippen LogP contribution in [-0.2, 0) is 0 Å². The number of hydrogen-bond donors (Lipinski definition) is 1. The van der Waals surface area contributed by atoms with E-state index in [0.29, 0.717) is 5.69 Å². The maximum Gasteiger partial charge on any atom is 0.431 e. The molecule has 2 aromatic carbocycles. The van der Waals surface area contributed by atoms with Crippen LogP contribution in [0.25, 0.3) is 0 Å². The fourth-order valence-electron chi connectivity index (χ4n) is 2.46. The van der Waals surface area contributed by atoms with Gasteiger partial charge >= 0.3 is 6.18 Å². The molecule has 1 aliphatic heterocycles. The molecule has 0 spiro atoms. The summed E-state index contributed by atoms with van der Waals surface area (Å²) >= 11 is 4.21. The Kier molecular flexibility index (Phi) is 3.87. The Bertz CT molecular complexity index is 681. The minimum atomic E-state index is -4.41. The lowest BCUT2D eigenvalue weighted by Gasteiger charge is -2.24. The first-order valence-electron chi connectivity index (χ1n) is 6.73. The third-order valence-electron chi connectivity index (χ3n) is 3.54. The molecule has 0 aliphatic carbocycles. The van der Waals surface area contributed by atoms with Crippen LogP contribution in [0.4, 0.5) is 18.9 Å². The van der Waals surface area contributed by atoms with Gasteiger partial charge in [-0.05, 0) is 29.8 Å². The van der Waals surface area contributed by atoms with Crippen LogP contribution in [0.15, 0.2) is 64.6 Å². The van der Waals surface area contributed by atoms with Crippen molar-refractivity contribution in [2.45, 2.75) is 23.5 Å². The molecular formula is C16H13F3N2S. The van der Waals surface area contributed by atoms with Gasteiger partial charge in [-0.2, -0.15) is 18.3 Å². The molecule has 6 heteroatoms. The molecule has 22 heavy (non-hydrogen) atoms. The summed E-state index contributed by atoms with van der Waals surface area (Å²) < 4.78 is 39.1. The number of nitrogens with zero attached hydrogens (tertiary/aromatic N) is 2. The molecule has 1 atom stereocenters. The van der Waals surface area contributed by atoms with Gasteiger partial charge in [0.25, 0.3) is 0 Å². The topological polar surface area (TPSA) is 15.6 Å². The average molecular weight is 322 g/mol. The molecule has 1 unspecified atom stereocenters. The van der Waals surface area contributed by atoms with E-state index in [9.17, 15) is 13.2 Å². The molecule has 0 saturated heterocycles. The third-order valence-corrected chi connectivity index (χ3v) is 3.83. The van der Waals surface area contributed by atoms with Crippen LogP contribution in [0, 0.1) is 0 Å². The highest BCUT2D eigenvalue weighted by atomic mass is 32.1. The number of anilines is 1. The largest absolute Gasteiger partial charge is 0.431 e. The van der Waals surface area contributed by atoms with Crippen LogP contribution >= 0.6 is 12.6 Å². The van der Waals surface area contributed by atoms with Crippen LogP contribution in [0.1, 0.15) is 18.0 Å². The van der Waals surface area contributed by atoms with Crippen molar-refractivity contribution in [3.8, 4) is 0 Å². The molecule has 3 rings (SSSR count). The molecule has 2 nitrogen and oxygen atoms in total. The van der Waals surface area contributed by atoms with E-state index < -0.39 is 17.9 Å². The number of hydrogen-bond acceptors (Lipinski definition) is 3. The molecule has 114 valence electrons. The van der Waals surface area contributed by atoms with Gasteiger partial charge < -0.3 is 0 Å². The summed E-state index contributed by atoms with van der Waals surface area (Å²) in [7, 11) is 0. The molecular weight excluding hydrogens is 309 g/mol. The first kappa shape index (κ1) is 15.0. The van der Waals surface area contributed by atoms with E-state index in [1.165, 1.54) is 5.01 Å². The molecule has 0 aromatic heterocycles. The SMILES string of the molecule is FC(F)(F)C1=NN(c2ccccc2)C(c2ccc(S)cc2)C1. The number of hydrazone groups is 1. The Morgan fingerprint density at radius 1 is 1.00 bits per heavy atom.